The van der Waals surface area contributed by atoms with Gasteiger partial charge in [0.25, 0.3) is 0 Å². The van der Waals surface area contributed by atoms with Crippen LogP contribution in [-0.4, -0.2) is 68.5 Å². The molecule has 1 saturated heterocycles. The van der Waals surface area contributed by atoms with Crippen molar-refractivity contribution in [2.75, 3.05) is 32.8 Å². The first-order chi connectivity index (χ1) is 14.8. The molecular formula is C19H24N4O7S. The Kier molecular flexibility index (Phi) is 7.23. The minimum Gasteiger partial charge on any atom is -0.463 e. The van der Waals surface area contributed by atoms with Crippen LogP contribution >= 0.6 is 0 Å². The van der Waals surface area contributed by atoms with Gasteiger partial charge in [0, 0.05) is 25.5 Å². The van der Waals surface area contributed by atoms with Gasteiger partial charge in [-0.05, 0) is 31.9 Å². The molecule has 2 N–H and O–H groups in total. The fraction of sp³-hybridized carbons (Fsp3) is 0.474. The van der Waals surface area contributed by atoms with E-state index in [1.54, 1.807) is 13.0 Å². The molecule has 3 heterocycles. The maximum absolute atomic E-state index is 12.7. The number of esters is 2. The van der Waals surface area contributed by atoms with Crippen molar-refractivity contribution in [1.82, 2.24) is 19.9 Å². The van der Waals surface area contributed by atoms with Crippen molar-refractivity contribution in [3.8, 4) is 0 Å². The Balaban J connectivity index is 1.57. The Morgan fingerprint density at radius 2 is 2.00 bits per heavy atom. The average Bonchev–Trinajstić information content (AvgIpc) is 2.78. The molecular weight excluding hydrogens is 428 g/mol. The Hall–Kier alpha value is -2.99. The molecule has 2 aliphatic rings. The third kappa shape index (κ3) is 5.39. The van der Waals surface area contributed by atoms with Gasteiger partial charge in [0.1, 0.15) is 11.5 Å². The second-order valence-corrected chi connectivity index (χ2v) is 8.90. The summed E-state index contributed by atoms with van der Waals surface area (Å²) in [6, 6.07) is 2.52. The highest BCUT2D eigenvalue weighted by molar-refractivity contribution is 7.89. The standard InChI is InChI=1S/C19H24N4O7S/c1-2-29-18(25)15-11-21-19(26)22-16(15)12-30-17(24)13-5-8-23(9-6-13)31(27,28)14-4-3-7-20-10-14/h3-4,7,10,13H,2,5-6,8-9,11-12H2,1H3,(H2,21,22,26). The van der Waals surface area contributed by atoms with Crippen molar-refractivity contribution in [1.29, 1.82) is 0 Å². The van der Waals surface area contributed by atoms with E-state index < -0.39 is 33.9 Å². The number of nitrogens with zero attached hydrogens (tertiary/aromatic N) is 2. The lowest BCUT2D eigenvalue weighted by molar-refractivity contribution is -0.149. The quantitative estimate of drug-likeness (QED) is 0.557. The second kappa shape index (κ2) is 9.88. The van der Waals surface area contributed by atoms with Gasteiger partial charge in [-0.15, -0.1) is 0 Å². The molecule has 31 heavy (non-hydrogen) atoms. The van der Waals surface area contributed by atoms with Crippen LogP contribution in [0.2, 0.25) is 0 Å². The fourth-order valence-electron chi connectivity index (χ4n) is 3.31. The first-order valence-corrected chi connectivity index (χ1v) is 11.3. The Morgan fingerprint density at radius 3 is 2.65 bits per heavy atom. The van der Waals surface area contributed by atoms with E-state index in [1.807, 2.05) is 0 Å². The Bertz CT molecular complexity index is 970. The van der Waals surface area contributed by atoms with E-state index in [0.29, 0.717) is 12.8 Å². The third-order valence-electron chi connectivity index (χ3n) is 4.99. The summed E-state index contributed by atoms with van der Waals surface area (Å²) in [5.74, 6) is -1.60. The van der Waals surface area contributed by atoms with E-state index in [4.69, 9.17) is 9.47 Å². The molecule has 0 spiro atoms. The van der Waals surface area contributed by atoms with Gasteiger partial charge in [-0.3, -0.25) is 9.78 Å². The number of piperidine rings is 1. The van der Waals surface area contributed by atoms with Gasteiger partial charge in [0.2, 0.25) is 10.0 Å². The van der Waals surface area contributed by atoms with Crippen LogP contribution in [0.15, 0.2) is 40.7 Å². The van der Waals surface area contributed by atoms with Crippen LogP contribution in [0.25, 0.3) is 0 Å². The molecule has 0 saturated carbocycles. The van der Waals surface area contributed by atoms with Gasteiger partial charge in [-0.2, -0.15) is 4.31 Å². The number of sulfonamides is 1. The lowest BCUT2D eigenvalue weighted by atomic mass is 9.98. The minimum absolute atomic E-state index is 0.0257. The summed E-state index contributed by atoms with van der Waals surface area (Å²) >= 11 is 0. The fourth-order valence-corrected chi connectivity index (χ4v) is 4.74. The van der Waals surface area contributed by atoms with Crippen molar-refractivity contribution in [3.63, 3.8) is 0 Å². The van der Waals surface area contributed by atoms with Gasteiger partial charge in [0.15, 0.2) is 0 Å². The molecule has 0 radical (unpaired) electrons. The number of ether oxygens (including phenoxy) is 2. The normalized spacial score (nSPS) is 18.2. The average molecular weight is 452 g/mol. The van der Waals surface area contributed by atoms with E-state index in [9.17, 15) is 22.8 Å². The summed E-state index contributed by atoms with van der Waals surface area (Å²) in [4.78, 5) is 40.0. The summed E-state index contributed by atoms with van der Waals surface area (Å²) in [6.07, 6.45) is 3.39. The summed E-state index contributed by atoms with van der Waals surface area (Å²) in [5.41, 5.74) is 0.360. The predicted octanol–water partition coefficient (Wildman–Crippen LogP) is 0.156. The number of hydrogen-bond acceptors (Lipinski definition) is 8. The zero-order chi connectivity index (χ0) is 22.4. The first kappa shape index (κ1) is 22.7. The highest BCUT2D eigenvalue weighted by atomic mass is 32.2. The molecule has 0 unspecified atom stereocenters. The first-order valence-electron chi connectivity index (χ1n) is 9.83. The molecule has 1 aromatic heterocycles. The molecule has 1 aromatic rings. The van der Waals surface area contributed by atoms with Crippen molar-refractivity contribution < 1.29 is 32.3 Å². The molecule has 2 aliphatic heterocycles. The largest absolute Gasteiger partial charge is 0.463 e. The molecule has 11 nitrogen and oxygen atoms in total. The van der Waals surface area contributed by atoms with E-state index in [1.165, 1.54) is 22.8 Å². The van der Waals surface area contributed by atoms with Crippen LogP contribution in [0.5, 0.6) is 0 Å². The highest BCUT2D eigenvalue weighted by Crippen LogP contribution is 2.24. The van der Waals surface area contributed by atoms with Gasteiger partial charge >= 0.3 is 18.0 Å². The van der Waals surface area contributed by atoms with E-state index in [2.05, 4.69) is 15.6 Å². The number of nitrogens with one attached hydrogen (secondary N) is 2. The summed E-state index contributed by atoms with van der Waals surface area (Å²) in [6.45, 7) is 1.87. The monoisotopic (exact) mass is 452 g/mol. The highest BCUT2D eigenvalue weighted by Gasteiger charge is 2.33. The minimum atomic E-state index is -3.66. The van der Waals surface area contributed by atoms with Crippen LogP contribution in [-0.2, 0) is 29.1 Å². The number of rotatable bonds is 7. The maximum Gasteiger partial charge on any atom is 0.337 e. The van der Waals surface area contributed by atoms with Crippen molar-refractivity contribution >= 4 is 28.0 Å². The third-order valence-corrected chi connectivity index (χ3v) is 6.88. The number of hydrogen-bond donors (Lipinski definition) is 2. The van der Waals surface area contributed by atoms with Crippen molar-refractivity contribution in [3.05, 3.63) is 35.8 Å². The van der Waals surface area contributed by atoms with Gasteiger partial charge in [0.05, 0.1) is 30.3 Å². The summed E-state index contributed by atoms with van der Waals surface area (Å²) < 4.78 is 36.9. The molecule has 12 heteroatoms. The summed E-state index contributed by atoms with van der Waals surface area (Å²) in [5, 5.41) is 4.94. The molecule has 1 fully saturated rings. The lowest BCUT2D eigenvalue weighted by Crippen LogP contribution is -2.45. The van der Waals surface area contributed by atoms with E-state index >= 15 is 0 Å². The molecule has 0 atom stereocenters. The van der Waals surface area contributed by atoms with Crippen molar-refractivity contribution in [2.24, 2.45) is 5.92 Å². The zero-order valence-electron chi connectivity index (χ0n) is 17.0. The molecule has 3 rings (SSSR count). The van der Waals surface area contributed by atoms with Gasteiger partial charge < -0.3 is 20.1 Å². The zero-order valence-corrected chi connectivity index (χ0v) is 17.8. The summed E-state index contributed by atoms with van der Waals surface area (Å²) in [7, 11) is -3.66. The van der Waals surface area contributed by atoms with E-state index in [0.717, 1.165) is 0 Å². The maximum atomic E-state index is 12.7. The van der Waals surface area contributed by atoms with Gasteiger partial charge in [-0.25, -0.2) is 18.0 Å². The van der Waals surface area contributed by atoms with Crippen molar-refractivity contribution in [2.45, 2.75) is 24.7 Å². The van der Waals surface area contributed by atoms with Crippen LogP contribution in [0.3, 0.4) is 0 Å². The number of urea groups is 1. The van der Waals surface area contributed by atoms with Crippen LogP contribution in [0.1, 0.15) is 19.8 Å². The Morgan fingerprint density at radius 1 is 1.26 bits per heavy atom. The molecule has 168 valence electrons. The van der Waals surface area contributed by atoms with Crippen LogP contribution in [0.4, 0.5) is 4.79 Å². The second-order valence-electron chi connectivity index (χ2n) is 6.96. The number of amides is 2. The number of carbonyl (C=O) groups excluding carboxylic acids is 3. The SMILES string of the molecule is CCOC(=O)C1=C(COC(=O)C2CCN(S(=O)(=O)c3cccnc3)CC2)NC(=O)NC1. The number of pyridine rings is 1. The smallest absolute Gasteiger partial charge is 0.337 e. The predicted molar refractivity (Wildman–Crippen MR) is 107 cm³/mol. The van der Waals surface area contributed by atoms with E-state index in [-0.39, 0.29) is 49.0 Å². The molecule has 0 aromatic carbocycles. The van der Waals surface area contributed by atoms with Crippen LogP contribution < -0.4 is 10.6 Å². The van der Waals surface area contributed by atoms with Gasteiger partial charge in [-0.1, -0.05) is 0 Å². The molecule has 0 bridgehead atoms. The molecule has 2 amide bonds. The topological polar surface area (TPSA) is 144 Å². The van der Waals surface area contributed by atoms with Crippen LogP contribution in [0, 0.1) is 5.92 Å². The Labute approximate surface area is 179 Å². The lowest BCUT2D eigenvalue weighted by Gasteiger charge is -2.30. The number of carbonyl (C=O) groups is 3. The molecule has 0 aliphatic carbocycles. The number of aromatic nitrogens is 1.